The second-order valence-corrected chi connectivity index (χ2v) is 15.5. The molecule has 0 saturated carbocycles. The summed E-state index contributed by atoms with van der Waals surface area (Å²) in [5, 5.41) is 9.42. The van der Waals surface area contributed by atoms with Crippen LogP contribution in [0.15, 0.2) is 197 Å². The Labute approximate surface area is 325 Å². The van der Waals surface area contributed by atoms with Crippen molar-refractivity contribution in [3.8, 4) is 22.3 Å². The van der Waals surface area contributed by atoms with Crippen LogP contribution < -0.4 is 4.90 Å². The maximum atomic E-state index is 6.70. The normalized spacial score (nSPS) is 11.9. The molecule has 262 valence electrons. The molecule has 0 bridgehead atoms. The van der Waals surface area contributed by atoms with Gasteiger partial charge in [-0.05, 0) is 76.5 Å². The number of fused-ring (bicyclic) bond motifs is 12. The highest BCUT2D eigenvalue weighted by Crippen LogP contribution is 2.47. The topological polar surface area (TPSA) is 29.5 Å². The van der Waals surface area contributed by atoms with Crippen LogP contribution in [-0.4, -0.2) is 0 Å². The summed E-state index contributed by atoms with van der Waals surface area (Å²) in [6.07, 6.45) is 0. The lowest BCUT2D eigenvalue weighted by molar-refractivity contribution is 0.670. The van der Waals surface area contributed by atoms with Crippen molar-refractivity contribution in [3.63, 3.8) is 0 Å². The third-order valence-electron chi connectivity index (χ3n) is 11.3. The summed E-state index contributed by atoms with van der Waals surface area (Å²) in [5.74, 6) is 0. The van der Waals surface area contributed by atoms with Crippen LogP contribution in [0, 0.1) is 0 Å². The molecule has 0 aliphatic rings. The van der Waals surface area contributed by atoms with E-state index >= 15 is 0 Å². The van der Waals surface area contributed by atoms with E-state index in [1.807, 2.05) is 23.5 Å². The van der Waals surface area contributed by atoms with E-state index < -0.39 is 0 Å². The van der Waals surface area contributed by atoms with Gasteiger partial charge in [-0.3, -0.25) is 0 Å². The second-order valence-electron chi connectivity index (χ2n) is 14.4. The Balaban J connectivity index is 1.04. The molecule has 0 radical (unpaired) electrons. The van der Waals surface area contributed by atoms with Crippen LogP contribution in [0.25, 0.3) is 97.1 Å². The molecule has 56 heavy (non-hydrogen) atoms. The molecule has 0 amide bonds. The minimum absolute atomic E-state index is 0.904. The van der Waals surface area contributed by atoms with E-state index in [1.165, 1.54) is 41.9 Å². The minimum Gasteiger partial charge on any atom is -0.455 e. The molecular weight excluding hydrogens is 703 g/mol. The van der Waals surface area contributed by atoms with E-state index in [4.69, 9.17) is 8.83 Å². The third kappa shape index (κ3) is 4.70. The highest BCUT2D eigenvalue weighted by atomic mass is 32.1. The molecule has 0 atom stereocenters. The lowest BCUT2D eigenvalue weighted by Crippen LogP contribution is -2.11. The van der Waals surface area contributed by atoms with Crippen molar-refractivity contribution >= 4 is 103 Å². The molecule has 9 aromatic carbocycles. The van der Waals surface area contributed by atoms with Gasteiger partial charge in [-0.2, -0.15) is 0 Å². The standard InChI is InChI=1S/C52H31NO2S/c1-2-11-32(12-3-1)37-14-6-8-19-44(37)53(35-24-21-34(22-25-35)39-17-10-18-41-40-16-7-9-20-45(40)54-51(39)41)36-26-27-42-48(31-36)56-47-30-28-43-49-38-15-5-4-13-33(38)23-29-46(49)55-52(43)50(42)47/h1-31H. The number of hydrogen-bond donors (Lipinski definition) is 0. The van der Waals surface area contributed by atoms with Gasteiger partial charge >= 0.3 is 0 Å². The van der Waals surface area contributed by atoms with Crippen molar-refractivity contribution in [1.82, 2.24) is 0 Å². The molecule has 4 heteroatoms. The highest BCUT2D eigenvalue weighted by Gasteiger charge is 2.21. The summed E-state index contributed by atoms with van der Waals surface area (Å²) in [4.78, 5) is 2.39. The number of para-hydroxylation sites is 3. The van der Waals surface area contributed by atoms with E-state index in [-0.39, 0.29) is 0 Å². The molecule has 12 aromatic rings. The molecule has 0 fully saturated rings. The number of benzene rings is 9. The van der Waals surface area contributed by atoms with Crippen molar-refractivity contribution in [2.24, 2.45) is 0 Å². The zero-order valence-electron chi connectivity index (χ0n) is 30.1. The van der Waals surface area contributed by atoms with Crippen LogP contribution in [0.5, 0.6) is 0 Å². The lowest BCUT2D eigenvalue weighted by Gasteiger charge is -2.28. The predicted octanol–water partition coefficient (Wildman–Crippen LogP) is 15.8. The van der Waals surface area contributed by atoms with Gasteiger partial charge in [0.1, 0.15) is 22.3 Å². The zero-order chi connectivity index (χ0) is 36.7. The van der Waals surface area contributed by atoms with Gasteiger partial charge in [0.05, 0.1) is 5.69 Å². The van der Waals surface area contributed by atoms with Crippen molar-refractivity contribution in [3.05, 3.63) is 188 Å². The summed E-state index contributed by atoms with van der Waals surface area (Å²) in [6, 6.07) is 67.2. The molecule has 0 spiro atoms. The van der Waals surface area contributed by atoms with E-state index in [9.17, 15) is 0 Å². The van der Waals surface area contributed by atoms with E-state index in [1.54, 1.807) is 0 Å². The van der Waals surface area contributed by atoms with Crippen LogP contribution in [0.1, 0.15) is 0 Å². The SMILES string of the molecule is c1ccc(-c2ccccc2N(c2ccc(-c3cccc4c3oc3ccccc34)cc2)c2ccc3c(c2)sc2ccc4c(oc5ccc6ccccc6c54)c23)cc1. The van der Waals surface area contributed by atoms with Crippen LogP contribution in [-0.2, 0) is 0 Å². The van der Waals surface area contributed by atoms with Gasteiger partial charge in [-0.1, -0.05) is 133 Å². The Morgan fingerprint density at radius 1 is 0.375 bits per heavy atom. The van der Waals surface area contributed by atoms with E-state index in [0.29, 0.717) is 0 Å². The lowest BCUT2D eigenvalue weighted by atomic mass is 10.00. The first-order chi connectivity index (χ1) is 27.8. The minimum atomic E-state index is 0.904. The maximum absolute atomic E-state index is 6.70. The number of nitrogens with zero attached hydrogens (tertiary/aromatic N) is 1. The molecule has 3 heterocycles. The fraction of sp³-hybridized carbons (Fsp3) is 0. The first kappa shape index (κ1) is 31.2. The number of rotatable bonds is 5. The molecular formula is C52H31NO2S. The number of thiophene rings is 1. The Bertz CT molecular complexity index is 3480. The average molecular weight is 734 g/mol. The van der Waals surface area contributed by atoms with Gasteiger partial charge in [-0.15, -0.1) is 11.3 Å². The molecule has 3 nitrogen and oxygen atoms in total. The fourth-order valence-electron chi connectivity index (χ4n) is 8.71. The molecule has 0 saturated heterocycles. The van der Waals surface area contributed by atoms with Crippen LogP contribution in [0.2, 0.25) is 0 Å². The molecule has 3 aromatic heterocycles. The van der Waals surface area contributed by atoms with Crippen molar-refractivity contribution in [2.45, 2.75) is 0 Å². The van der Waals surface area contributed by atoms with Gasteiger partial charge in [0.15, 0.2) is 0 Å². The Morgan fingerprint density at radius 3 is 1.98 bits per heavy atom. The van der Waals surface area contributed by atoms with Gasteiger partial charge in [0.2, 0.25) is 0 Å². The number of furan rings is 2. The summed E-state index contributed by atoms with van der Waals surface area (Å²) in [5.41, 5.74) is 11.5. The van der Waals surface area contributed by atoms with E-state index in [2.05, 4.69) is 181 Å². The molecule has 0 aliphatic carbocycles. The Hall–Kier alpha value is -7.14. The Kier molecular flexibility index (Phi) is 6.80. The van der Waals surface area contributed by atoms with Crippen LogP contribution in [0.3, 0.4) is 0 Å². The fourth-order valence-corrected chi connectivity index (χ4v) is 9.85. The summed E-state index contributed by atoms with van der Waals surface area (Å²) in [7, 11) is 0. The second kappa shape index (κ2) is 12.2. The van der Waals surface area contributed by atoms with Crippen LogP contribution in [0.4, 0.5) is 17.1 Å². The van der Waals surface area contributed by atoms with Crippen molar-refractivity contribution in [2.75, 3.05) is 4.90 Å². The van der Waals surface area contributed by atoms with Gasteiger partial charge < -0.3 is 13.7 Å². The van der Waals surface area contributed by atoms with E-state index in [0.717, 1.165) is 72.2 Å². The van der Waals surface area contributed by atoms with Gasteiger partial charge in [0, 0.05) is 64.2 Å². The molecule has 0 aliphatic heterocycles. The summed E-state index contributed by atoms with van der Waals surface area (Å²) < 4.78 is 15.6. The summed E-state index contributed by atoms with van der Waals surface area (Å²) in [6.45, 7) is 0. The Morgan fingerprint density at radius 2 is 1.07 bits per heavy atom. The largest absolute Gasteiger partial charge is 0.455 e. The third-order valence-corrected chi connectivity index (χ3v) is 12.4. The van der Waals surface area contributed by atoms with Crippen LogP contribution >= 0.6 is 11.3 Å². The smallest absolute Gasteiger partial charge is 0.144 e. The quantitative estimate of drug-likeness (QED) is 0.176. The average Bonchev–Trinajstić information content (AvgIpc) is 3.96. The first-order valence-corrected chi connectivity index (χ1v) is 19.7. The van der Waals surface area contributed by atoms with Crippen molar-refractivity contribution < 1.29 is 8.83 Å². The van der Waals surface area contributed by atoms with Gasteiger partial charge in [-0.25, -0.2) is 0 Å². The van der Waals surface area contributed by atoms with Crippen molar-refractivity contribution in [1.29, 1.82) is 0 Å². The number of hydrogen-bond acceptors (Lipinski definition) is 4. The molecule has 0 unspecified atom stereocenters. The monoisotopic (exact) mass is 733 g/mol. The predicted molar refractivity (Wildman–Crippen MR) is 237 cm³/mol. The highest BCUT2D eigenvalue weighted by molar-refractivity contribution is 7.26. The molecule has 0 N–H and O–H groups in total. The first-order valence-electron chi connectivity index (χ1n) is 18.9. The number of anilines is 3. The zero-order valence-corrected chi connectivity index (χ0v) is 30.9. The van der Waals surface area contributed by atoms with Gasteiger partial charge in [0.25, 0.3) is 0 Å². The molecule has 12 rings (SSSR count). The summed E-state index contributed by atoms with van der Waals surface area (Å²) >= 11 is 1.82. The maximum Gasteiger partial charge on any atom is 0.144 e.